The van der Waals surface area contributed by atoms with Crippen LogP contribution in [-0.2, 0) is 34.6 Å². The second-order valence-corrected chi connectivity index (χ2v) is 9.13. The third-order valence-electron chi connectivity index (χ3n) is 4.18. The topological polar surface area (TPSA) is 198 Å². The number of azo groups is 1. The van der Waals surface area contributed by atoms with E-state index < -0.39 is 53.7 Å². The van der Waals surface area contributed by atoms with E-state index in [1.54, 1.807) is 0 Å². The number of carbonyl (C=O) groups excluding carboxylic acids is 2. The van der Waals surface area contributed by atoms with Crippen LogP contribution in [0.25, 0.3) is 0 Å². The predicted octanol–water partition coefficient (Wildman–Crippen LogP) is -5.08. The molecule has 2 aromatic carbocycles. The quantitative estimate of drug-likeness (QED) is 0.143. The number of carbonyl (C=O) groups is 2. The number of rotatable bonds is 7. The molecule has 0 aliphatic carbocycles. The van der Waals surface area contributed by atoms with Gasteiger partial charge in [0, 0.05) is 0 Å². The van der Waals surface area contributed by atoms with Crippen LogP contribution >= 0.6 is 0 Å². The first kappa shape index (κ1) is 31.5. The molecular weight excluding hydrogens is 526 g/mol. The summed E-state index contributed by atoms with van der Waals surface area (Å²) in [5, 5.41) is 12.3. The standard InChI is InChI=1S/C18H16N4O9S2.2Na/c1-2-31-18(24)16-15(20-19-11-3-7-13(8-4-11)32(25,26)27)17(23)22(21-16)12-5-9-14(10-6-12)33(28,29)30;;/h3-10,15H,2H2,1H3,(H,25,26,27)(H,28,29,30);;/q;2*+1/p-2. The molecule has 1 amide bonds. The Labute approximate surface area is 244 Å². The van der Waals surface area contributed by atoms with Crippen molar-refractivity contribution < 1.29 is 99.4 Å². The summed E-state index contributed by atoms with van der Waals surface area (Å²) >= 11 is 0. The monoisotopic (exact) mass is 540 g/mol. The third kappa shape index (κ3) is 7.72. The van der Waals surface area contributed by atoms with Crippen molar-refractivity contribution in [1.82, 2.24) is 0 Å². The normalized spacial score (nSPS) is 15.9. The molecular formula is C18H14N4Na2O9S2. The molecule has 0 spiro atoms. The fraction of sp³-hybridized carbons (Fsp3) is 0.167. The van der Waals surface area contributed by atoms with Crippen molar-refractivity contribution >= 4 is 49.2 Å². The maximum absolute atomic E-state index is 12.9. The van der Waals surface area contributed by atoms with Gasteiger partial charge in [-0.25, -0.2) is 21.6 Å². The number of ether oxygens (including phenoxy) is 1. The molecule has 0 bridgehead atoms. The predicted molar refractivity (Wildman–Crippen MR) is 109 cm³/mol. The Bertz CT molecular complexity index is 1360. The average molecular weight is 540 g/mol. The fourth-order valence-electron chi connectivity index (χ4n) is 2.65. The molecule has 17 heteroatoms. The number of amides is 1. The van der Waals surface area contributed by atoms with E-state index in [1.807, 2.05) is 0 Å². The molecule has 1 aliphatic rings. The van der Waals surface area contributed by atoms with Gasteiger partial charge in [-0.3, -0.25) is 4.79 Å². The molecule has 13 nitrogen and oxygen atoms in total. The molecule has 174 valence electrons. The van der Waals surface area contributed by atoms with Gasteiger partial charge in [-0.15, -0.1) is 0 Å². The molecule has 1 atom stereocenters. The number of esters is 1. The number of hydrogen-bond donors (Lipinski definition) is 0. The van der Waals surface area contributed by atoms with Crippen LogP contribution in [0, 0.1) is 0 Å². The Morgan fingerprint density at radius 1 is 0.971 bits per heavy atom. The third-order valence-corrected chi connectivity index (χ3v) is 5.88. The van der Waals surface area contributed by atoms with Crippen molar-refractivity contribution in [2.24, 2.45) is 15.3 Å². The second-order valence-electron chi connectivity index (χ2n) is 6.37. The summed E-state index contributed by atoms with van der Waals surface area (Å²) in [4.78, 5) is 24.1. The molecule has 0 aromatic heterocycles. The molecule has 0 N–H and O–H groups in total. The zero-order chi connectivity index (χ0) is 24.4. The van der Waals surface area contributed by atoms with Crippen molar-refractivity contribution in [2.45, 2.75) is 22.8 Å². The minimum absolute atomic E-state index is 0. The maximum Gasteiger partial charge on any atom is 1.00 e. The van der Waals surface area contributed by atoms with E-state index in [0.717, 1.165) is 41.4 Å². The van der Waals surface area contributed by atoms with E-state index in [4.69, 9.17) is 4.74 Å². The van der Waals surface area contributed by atoms with Gasteiger partial charge in [0.2, 0.25) is 6.04 Å². The molecule has 2 aromatic rings. The van der Waals surface area contributed by atoms with Crippen molar-refractivity contribution in [3.8, 4) is 0 Å². The minimum Gasteiger partial charge on any atom is -0.744 e. The first-order valence-electron chi connectivity index (χ1n) is 9.04. The maximum atomic E-state index is 12.9. The summed E-state index contributed by atoms with van der Waals surface area (Å²) in [7, 11) is -9.36. The Morgan fingerprint density at radius 2 is 1.46 bits per heavy atom. The summed E-state index contributed by atoms with van der Waals surface area (Å²) in [5.41, 5.74) is -0.261. The van der Waals surface area contributed by atoms with Crippen LogP contribution in [-0.4, -0.2) is 56.2 Å². The van der Waals surface area contributed by atoms with Crippen LogP contribution in [0.2, 0.25) is 0 Å². The van der Waals surface area contributed by atoms with Crippen molar-refractivity contribution in [3.63, 3.8) is 0 Å². The zero-order valence-electron chi connectivity index (χ0n) is 18.7. The summed E-state index contributed by atoms with van der Waals surface area (Å²) in [6.07, 6.45) is 0. The van der Waals surface area contributed by atoms with Gasteiger partial charge in [-0.1, -0.05) is 0 Å². The SMILES string of the molecule is CCOC(=O)C1=NN(c2ccc(S(=O)(=O)[O-])cc2)C(=O)C1N=Nc1ccc(S(=O)(=O)[O-])cc1.[Na+].[Na+]. The van der Waals surface area contributed by atoms with E-state index in [2.05, 4.69) is 15.3 Å². The van der Waals surface area contributed by atoms with Crippen LogP contribution in [0.15, 0.2) is 73.7 Å². The summed E-state index contributed by atoms with van der Waals surface area (Å²) in [5.74, 6) is -1.76. The van der Waals surface area contributed by atoms with E-state index in [9.17, 15) is 35.5 Å². The van der Waals surface area contributed by atoms with Crippen molar-refractivity contribution in [1.29, 1.82) is 0 Å². The van der Waals surface area contributed by atoms with Crippen molar-refractivity contribution in [3.05, 3.63) is 48.5 Å². The molecule has 0 saturated carbocycles. The smallest absolute Gasteiger partial charge is 0.744 e. The average Bonchev–Trinajstić information content (AvgIpc) is 3.08. The molecule has 35 heavy (non-hydrogen) atoms. The molecule has 3 rings (SSSR count). The van der Waals surface area contributed by atoms with Gasteiger partial charge in [0.1, 0.15) is 20.2 Å². The summed E-state index contributed by atoms with van der Waals surface area (Å²) in [6.45, 7) is 1.52. The molecule has 1 unspecified atom stereocenters. The number of nitrogens with zero attached hydrogens (tertiary/aromatic N) is 4. The molecule has 0 fully saturated rings. The summed E-state index contributed by atoms with van der Waals surface area (Å²) in [6, 6.07) is 7.10. The number of hydrogen-bond acceptors (Lipinski definition) is 12. The Hall–Kier alpha value is -1.53. The van der Waals surface area contributed by atoms with Gasteiger partial charge >= 0.3 is 65.1 Å². The van der Waals surface area contributed by atoms with Gasteiger partial charge in [0.25, 0.3) is 5.91 Å². The van der Waals surface area contributed by atoms with Gasteiger partial charge in [-0.05, 0) is 55.5 Å². The zero-order valence-corrected chi connectivity index (χ0v) is 24.3. The van der Waals surface area contributed by atoms with Gasteiger partial charge in [0.05, 0.1) is 27.8 Å². The molecule has 0 saturated heterocycles. The van der Waals surface area contributed by atoms with E-state index >= 15 is 0 Å². The molecule has 1 heterocycles. The Morgan fingerprint density at radius 3 is 1.91 bits per heavy atom. The van der Waals surface area contributed by atoms with Gasteiger partial charge in [-0.2, -0.15) is 20.3 Å². The van der Waals surface area contributed by atoms with E-state index in [1.165, 1.54) is 19.1 Å². The number of hydrazone groups is 1. The van der Waals surface area contributed by atoms with Crippen molar-refractivity contribution in [2.75, 3.05) is 11.6 Å². The first-order valence-corrected chi connectivity index (χ1v) is 11.9. The molecule has 1 aliphatic heterocycles. The first-order chi connectivity index (χ1) is 15.4. The fourth-order valence-corrected chi connectivity index (χ4v) is 3.59. The number of benzene rings is 2. The summed E-state index contributed by atoms with van der Waals surface area (Å²) < 4.78 is 71.2. The van der Waals surface area contributed by atoms with Gasteiger partial charge < -0.3 is 13.8 Å². The largest absolute Gasteiger partial charge is 1.00 e. The van der Waals surface area contributed by atoms with Gasteiger partial charge in [0.15, 0.2) is 5.71 Å². The Kier molecular flexibility index (Phi) is 11.4. The van der Waals surface area contributed by atoms with Crippen LogP contribution in [0.3, 0.4) is 0 Å². The Balaban J connectivity index is 0.00000306. The second kappa shape index (κ2) is 12.6. The minimum atomic E-state index is -4.70. The van der Waals surface area contributed by atoms with Crippen LogP contribution < -0.4 is 64.1 Å². The number of anilines is 1. The van der Waals surface area contributed by atoms with Crippen LogP contribution in [0.1, 0.15) is 6.92 Å². The van der Waals surface area contributed by atoms with Crippen LogP contribution in [0.4, 0.5) is 11.4 Å². The molecule has 0 radical (unpaired) electrons. The van der Waals surface area contributed by atoms with Crippen LogP contribution in [0.5, 0.6) is 0 Å². The van der Waals surface area contributed by atoms with E-state index in [-0.39, 0.29) is 77.1 Å². The van der Waals surface area contributed by atoms with E-state index in [0.29, 0.717) is 0 Å².